The zero-order valence-corrected chi connectivity index (χ0v) is 14.2. The van der Waals surface area contributed by atoms with E-state index >= 15 is 0 Å². The molecule has 0 radical (unpaired) electrons. The number of hydrogen-bond acceptors (Lipinski definition) is 2. The molecule has 0 atom stereocenters. The van der Waals surface area contributed by atoms with Gasteiger partial charge in [-0.1, -0.05) is 41.4 Å². The summed E-state index contributed by atoms with van der Waals surface area (Å²) in [6, 6.07) is 12.7. The lowest BCUT2D eigenvalue weighted by Crippen LogP contribution is -2.22. The molecule has 1 amide bonds. The highest BCUT2D eigenvalue weighted by molar-refractivity contribution is 6.34. The van der Waals surface area contributed by atoms with Crippen LogP contribution in [0.2, 0.25) is 10.0 Å². The molecular formula is C18H14Cl2N2O. The average Bonchev–Trinajstić information content (AvgIpc) is 2.80. The lowest BCUT2D eigenvalue weighted by molar-refractivity contribution is -0.114. The Balaban J connectivity index is 1.98. The summed E-state index contributed by atoms with van der Waals surface area (Å²) in [5.41, 5.74) is 3.65. The Labute approximate surface area is 144 Å². The predicted molar refractivity (Wildman–Crippen MR) is 96.2 cm³/mol. The van der Waals surface area contributed by atoms with E-state index in [1.54, 1.807) is 18.2 Å². The molecule has 1 aliphatic heterocycles. The average molecular weight is 345 g/mol. The van der Waals surface area contributed by atoms with Gasteiger partial charge in [-0.2, -0.15) is 10.1 Å². The second kappa shape index (κ2) is 6.19. The van der Waals surface area contributed by atoms with Crippen molar-refractivity contribution in [2.75, 3.05) is 5.01 Å². The maximum Gasteiger partial charge on any atom is 0.280 e. The number of nitrogens with zero attached hydrogens (tertiary/aromatic N) is 2. The molecule has 0 aliphatic carbocycles. The minimum atomic E-state index is -0.164. The molecule has 0 saturated heterocycles. The van der Waals surface area contributed by atoms with Crippen LogP contribution in [0.15, 0.2) is 53.1 Å². The van der Waals surface area contributed by atoms with Crippen LogP contribution in [0.25, 0.3) is 6.08 Å². The van der Waals surface area contributed by atoms with Crippen molar-refractivity contribution in [1.82, 2.24) is 0 Å². The summed E-state index contributed by atoms with van der Waals surface area (Å²) >= 11 is 12.0. The molecule has 2 aromatic carbocycles. The molecule has 0 unspecified atom stereocenters. The zero-order valence-electron chi connectivity index (χ0n) is 12.7. The molecule has 116 valence electrons. The number of carbonyl (C=O) groups excluding carboxylic acids is 1. The monoisotopic (exact) mass is 344 g/mol. The van der Waals surface area contributed by atoms with Crippen LogP contribution in [0, 0.1) is 6.92 Å². The predicted octanol–water partition coefficient (Wildman–Crippen LogP) is 5.11. The van der Waals surface area contributed by atoms with E-state index in [0.29, 0.717) is 27.0 Å². The Bertz CT molecular complexity index is 839. The van der Waals surface area contributed by atoms with Gasteiger partial charge in [0.25, 0.3) is 5.91 Å². The number of rotatable bonds is 2. The maximum atomic E-state index is 12.7. The SMILES string of the molecule is CC1=NN(c2cccc(Cl)c2C)C(=O)/C1=C/c1ccc(Cl)cc1. The van der Waals surface area contributed by atoms with E-state index in [4.69, 9.17) is 23.2 Å². The second-order valence-electron chi connectivity index (χ2n) is 5.30. The molecule has 3 nitrogen and oxygen atoms in total. The second-order valence-corrected chi connectivity index (χ2v) is 6.14. The van der Waals surface area contributed by atoms with Crippen LogP contribution in [-0.4, -0.2) is 11.6 Å². The van der Waals surface area contributed by atoms with Gasteiger partial charge in [-0.3, -0.25) is 4.79 Å². The number of carbonyl (C=O) groups is 1. The molecule has 1 aliphatic rings. The van der Waals surface area contributed by atoms with Gasteiger partial charge in [-0.15, -0.1) is 0 Å². The van der Waals surface area contributed by atoms with Crippen molar-refractivity contribution in [2.45, 2.75) is 13.8 Å². The number of anilines is 1. The maximum absolute atomic E-state index is 12.7. The molecule has 1 heterocycles. The highest BCUT2D eigenvalue weighted by Gasteiger charge is 2.29. The van der Waals surface area contributed by atoms with Gasteiger partial charge in [0.15, 0.2) is 0 Å². The molecule has 5 heteroatoms. The summed E-state index contributed by atoms with van der Waals surface area (Å²) in [6.07, 6.45) is 1.82. The molecule has 0 bridgehead atoms. The van der Waals surface area contributed by atoms with Crippen LogP contribution >= 0.6 is 23.2 Å². The minimum absolute atomic E-state index is 0.164. The fourth-order valence-corrected chi connectivity index (χ4v) is 2.69. The third kappa shape index (κ3) is 3.03. The van der Waals surface area contributed by atoms with Crippen molar-refractivity contribution in [3.05, 3.63) is 69.2 Å². The lowest BCUT2D eigenvalue weighted by atomic mass is 10.1. The van der Waals surface area contributed by atoms with Crippen molar-refractivity contribution in [1.29, 1.82) is 0 Å². The van der Waals surface area contributed by atoms with Gasteiger partial charge in [0.05, 0.1) is 17.0 Å². The van der Waals surface area contributed by atoms with E-state index in [0.717, 1.165) is 11.1 Å². The van der Waals surface area contributed by atoms with E-state index in [1.807, 2.05) is 44.2 Å². The first kappa shape index (κ1) is 15.8. The molecule has 0 spiro atoms. The van der Waals surface area contributed by atoms with Gasteiger partial charge in [0.2, 0.25) is 0 Å². The highest BCUT2D eigenvalue weighted by atomic mass is 35.5. The number of hydrazone groups is 1. The molecule has 3 rings (SSSR count). The summed E-state index contributed by atoms with van der Waals surface area (Å²) in [5, 5.41) is 7.05. The molecule has 0 N–H and O–H groups in total. The zero-order chi connectivity index (χ0) is 16.6. The van der Waals surface area contributed by atoms with Gasteiger partial charge >= 0.3 is 0 Å². The van der Waals surface area contributed by atoms with E-state index in [1.165, 1.54) is 5.01 Å². The highest BCUT2D eigenvalue weighted by Crippen LogP contribution is 2.31. The largest absolute Gasteiger partial charge is 0.280 e. The third-order valence-electron chi connectivity index (χ3n) is 3.71. The van der Waals surface area contributed by atoms with Crippen molar-refractivity contribution < 1.29 is 4.79 Å². The number of benzene rings is 2. The quantitative estimate of drug-likeness (QED) is 0.697. The van der Waals surface area contributed by atoms with Gasteiger partial charge in [0, 0.05) is 10.0 Å². The summed E-state index contributed by atoms with van der Waals surface area (Å²) in [5.74, 6) is -0.164. The van der Waals surface area contributed by atoms with Crippen LogP contribution < -0.4 is 5.01 Å². The Kier molecular flexibility index (Phi) is 4.24. The van der Waals surface area contributed by atoms with E-state index in [-0.39, 0.29) is 5.91 Å². The lowest BCUT2D eigenvalue weighted by Gasteiger charge is -2.15. The Morgan fingerprint density at radius 1 is 1.04 bits per heavy atom. The van der Waals surface area contributed by atoms with Crippen LogP contribution in [0.1, 0.15) is 18.1 Å². The summed E-state index contributed by atoms with van der Waals surface area (Å²) in [7, 11) is 0. The van der Waals surface area contributed by atoms with Gasteiger partial charge in [-0.25, -0.2) is 0 Å². The number of amides is 1. The minimum Gasteiger partial charge on any atom is -0.267 e. The first-order valence-electron chi connectivity index (χ1n) is 7.10. The first-order valence-corrected chi connectivity index (χ1v) is 7.85. The summed E-state index contributed by atoms with van der Waals surface area (Å²) in [6.45, 7) is 3.69. The number of hydrogen-bond donors (Lipinski definition) is 0. The van der Waals surface area contributed by atoms with Crippen LogP contribution in [0.5, 0.6) is 0 Å². The Hall–Kier alpha value is -2.10. The smallest absolute Gasteiger partial charge is 0.267 e. The van der Waals surface area contributed by atoms with Crippen LogP contribution in [0.3, 0.4) is 0 Å². The van der Waals surface area contributed by atoms with Crippen molar-refractivity contribution in [3.63, 3.8) is 0 Å². The molecule has 2 aromatic rings. The summed E-state index contributed by atoms with van der Waals surface area (Å²) < 4.78 is 0. The fraction of sp³-hybridized carbons (Fsp3) is 0.111. The van der Waals surface area contributed by atoms with E-state index in [2.05, 4.69) is 5.10 Å². The molecule has 23 heavy (non-hydrogen) atoms. The van der Waals surface area contributed by atoms with Gasteiger partial charge < -0.3 is 0 Å². The standard InChI is InChI=1S/C18H14Cl2N2O/c1-11-16(20)4-3-5-17(11)22-18(23)15(12(2)21-22)10-13-6-8-14(19)9-7-13/h3-10H,1-2H3/b15-10+. The first-order chi connectivity index (χ1) is 11.0. The van der Waals surface area contributed by atoms with E-state index < -0.39 is 0 Å². The van der Waals surface area contributed by atoms with Crippen LogP contribution in [0.4, 0.5) is 5.69 Å². The molecule has 0 aromatic heterocycles. The van der Waals surface area contributed by atoms with Crippen molar-refractivity contribution in [3.8, 4) is 0 Å². The Morgan fingerprint density at radius 3 is 2.43 bits per heavy atom. The van der Waals surface area contributed by atoms with Gasteiger partial charge in [0.1, 0.15) is 0 Å². The van der Waals surface area contributed by atoms with Crippen LogP contribution in [-0.2, 0) is 4.79 Å². The number of halogens is 2. The van der Waals surface area contributed by atoms with Crippen molar-refractivity contribution >= 4 is 46.6 Å². The fourth-order valence-electron chi connectivity index (χ4n) is 2.40. The Morgan fingerprint density at radius 2 is 1.74 bits per heavy atom. The van der Waals surface area contributed by atoms with Gasteiger partial charge in [-0.05, 0) is 55.3 Å². The van der Waals surface area contributed by atoms with E-state index in [9.17, 15) is 4.79 Å². The molecular weight excluding hydrogens is 331 g/mol. The normalized spacial score (nSPS) is 16.2. The third-order valence-corrected chi connectivity index (χ3v) is 4.37. The van der Waals surface area contributed by atoms with Crippen molar-refractivity contribution in [2.24, 2.45) is 5.10 Å². The topological polar surface area (TPSA) is 32.7 Å². The molecule has 0 fully saturated rings. The molecule has 0 saturated carbocycles. The summed E-state index contributed by atoms with van der Waals surface area (Å²) in [4.78, 5) is 12.7.